The van der Waals surface area contributed by atoms with E-state index in [1.54, 1.807) is 11.3 Å². The van der Waals surface area contributed by atoms with Gasteiger partial charge in [-0.3, -0.25) is 4.57 Å². The molecule has 53 heavy (non-hydrogen) atoms. The molecule has 0 N–H and O–H groups in total. The van der Waals surface area contributed by atoms with Gasteiger partial charge in [-0.2, -0.15) is 0 Å². The molecule has 4 aromatic heterocycles. The average Bonchev–Trinajstić information content (AvgIpc) is 3.91. The number of hydrogen-bond acceptors (Lipinski definition) is 4. The van der Waals surface area contributed by atoms with Crippen LogP contribution < -0.4 is 0 Å². The Bertz CT molecular complexity index is 3460. The largest absolute Gasteiger partial charge is 0.276 e. The van der Waals surface area contributed by atoms with Gasteiger partial charge >= 0.3 is 0 Å². The van der Waals surface area contributed by atoms with Crippen LogP contribution in [0.5, 0.6) is 0 Å². The van der Waals surface area contributed by atoms with E-state index in [-0.39, 0.29) is 0 Å². The van der Waals surface area contributed by atoms with Crippen LogP contribution in [0, 0.1) is 0 Å². The molecule has 8 aromatic carbocycles. The van der Waals surface area contributed by atoms with E-state index in [1.807, 2.05) is 11.3 Å². The van der Waals surface area contributed by atoms with Crippen LogP contribution in [0.1, 0.15) is 0 Å². The van der Waals surface area contributed by atoms with Gasteiger partial charge in [0.25, 0.3) is 0 Å². The van der Waals surface area contributed by atoms with E-state index >= 15 is 0 Å². The number of thiophene rings is 2. The summed E-state index contributed by atoms with van der Waals surface area (Å²) in [4.78, 5) is 12.2. The summed E-state index contributed by atoms with van der Waals surface area (Å²) >= 11 is 3.61. The summed E-state index contributed by atoms with van der Waals surface area (Å²) in [7, 11) is 0. The highest BCUT2D eigenvalue weighted by molar-refractivity contribution is 7.27. The number of aromatic nitrogens is 3. The van der Waals surface area contributed by atoms with Crippen LogP contribution in [-0.2, 0) is 0 Å². The summed E-state index contributed by atoms with van der Waals surface area (Å²) in [5.74, 6) is 0.690. The van der Waals surface area contributed by atoms with Gasteiger partial charge in [0.05, 0.1) is 21.4 Å². The zero-order chi connectivity index (χ0) is 34.6. The number of nitrogens with zero attached hydrogens (tertiary/aromatic N) is 3. The lowest BCUT2D eigenvalue weighted by molar-refractivity contribution is 1.02. The highest BCUT2D eigenvalue weighted by atomic mass is 32.1. The molecule has 0 radical (unpaired) electrons. The van der Waals surface area contributed by atoms with E-state index in [2.05, 4.69) is 168 Å². The second-order valence-corrected chi connectivity index (χ2v) is 15.7. The fourth-order valence-electron chi connectivity index (χ4n) is 8.62. The minimum atomic E-state index is 0.690. The molecule has 0 spiro atoms. The molecule has 0 aliphatic rings. The van der Waals surface area contributed by atoms with E-state index in [0.29, 0.717) is 5.95 Å². The Balaban J connectivity index is 1.26. The second-order valence-electron chi connectivity index (χ2n) is 13.6. The maximum Gasteiger partial charge on any atom is 0.236 e. The van der Waals surface area contributed by atoms with Crippen LogP contribution in [0.3, 0.4) is 0 Å². The van der Waals surface area contributed by atoms with E-state index in [0.717, 1.165) is 32.5 Å². The lowest BCUT2D eigenvalue weighted by Gasteiger charge is -2.14. The van der Waals surface area contributed by atoms with Crippen molar-refractivity contribution in [2.75, 3.05) is 0 Å². The Labute approximate surface area is 311 Å². The molecule has 0 fully saturated rings. The summed E-state index contributed by atoms with van der Waals surface area (Å²) in [6, 6.07) is 59.1. The van der Waals surface area contributed by atoms with Crippen molar-refractivity contribution in [2.45, 2.75) is 0 Å². The maximum atomic E-state index is 5.69. The molecule has 0 unspecified atom stereocenters. The molecular weight excluding hydrogens is 683 g/mol. The third kappa shape index (κ3) is 4.09. The van der Waals surface area contributed by atoms with Crippen molar-refractivity contribution in [1.29, 1.82) is 0 Å². The van der Waals surface area contributed by atoms with Crippen molar-refractivity contribution in [3.63, 3.8) is 0 Å². The first kappa shape index (κ1) is 29.2. The lowest BCUT2D eigenvalue weighted by Crippen LogP contribution is -2.03. The third-order valence-corrected chi connectivity index (χ3v) is 13.1. The standard InChI is InChI=1S/C48H27N3S2/c1-2-14-28(15-3-1)29-26-27-34(31-17-5-4-16-30(29)31)44-43-37-22-10-13-25-40(37)53-47(43)50-48(49-44)51-38-23-11-8-20-35(38)41-32-18-6-7-19-33(32)42-36-21-9-12-24-39(36)52-46(42)45(41)51/h1-27H. The minimum absolute atomic E-state index is 0.690. The topological polar surface area (TPSA) is 30.7 Å². The van der Waals surface area contributed by atoms with E-state index in [1.165, 1.54) is 73.7 Å². The van der Waals surface area contributed by atoms with E-state index in [4.69, 9.17) is 9.97 Å². The summed E-state index contributed by atoms with van der Waals surface area (Å²) in [6.45, 7) is 0. The Morgan fingerprint density at radius 1 is 0.396 bits per heavy atom. The SMILES string of the molecule is c1ccc(-c2ccc(-c3nc(-n4c5ccccc5c5c6ccccc6c6c7ccccc7sc6c54)nc4sc5ccccc5c34)c3ccccc23)cc1. The quantitative estimate of drug-likeness (QED) is 0.183. The average molecular weight is 710 g/mol. The molecule has 0 bridgehead atoms. The molecular formula is C48H27N3S2. The van der Waals surface area contributed by atoms with Crippen molar-refractivity contribution in [3.8, 4) is 28.3 Å². The number of fused-ring (bicyclic) bond motifs is 14. The van der Waals surface area contributed by atoms with Crippen molar-refractivity contribution in [2.24, 2.45) is 0 Å². The molecule has 0 amide bonds. The summed E-state index contributed by atoms with van der Waals surface area (Å²) < 4.78 is 6.10. The Kier molecular flexibility index (Phi) is 6.09. The van der Waals surface area contributed by atoms with E-state index in [9.17, 15) is 0 Å². The molecule has 12 aromatic rings. The molecule has 4 heterocycles. The van der Waals surface area contributed by atoms with Gasteiger partial charge < -0.3 is 0 Å². The number of para-hydroxylation sites is 1. The van der Waals surface area contributed by atoms with Crippen LogP contribution in [0.25, 0.3) is 112 Å². The first-order chi connectivity index (χ1) is 26.3. The molecule has 0 atom stereocenters. The molecule has 246 valence electrons. The van der Waals surface area contributed by atoms with Crippen LogP contribution in [0.2, 0.25) is 0 Å². The third-order valence-electron chi connectivity index (χ3n) is 10.8. The lowest BCUT2D eigenvalue weighted by atomic mass is 9.93. The number of benzene rings is 8. The normalized spacial score (nSPS) is 12.2. The van der Waals surface area contributed by atoms with Gasteiger partial charge in [-0.25, -0.2) is 9.97 Å². The molecule has 5 heteroatoms. The zero-order valence-corrected chi connectivity index (χ0v) is 29.9. The fourth-order valence-corrected chi connectivity index (χ4v) is 10.9. The van der Waals surface area contributed by atoms with Crippen molar-refractivity contribution in [1.82, 2.24) is 14.5 Å². The van der Waals surface area contributed by atoms with Gasteiger partial charge in [0.15, 0.2) is 0 Å². The highest BCUT2D eigenvalue weighted by Gasteiger charge is 2.25. The van der Waals surface area contributed by atoms with Gasteiger partial charge in [-0.05, 0) is 50.9 Å². The first-order valence-electron chi connectivity index (χ1n) is 17.8. The predicted octanol–water partition coefficient (Wildman–Crippen LogP) is 13.9. The van der Waals surface area contributed by atoms with Gasteiger partial charge in [-0.1, -0.05) is 146 Å². The maximum absolute atomic E-state index is 5.69. The van der Waals surface area contributed by atoms with Crippen LogP contribution in [0.4, 0.5) is 0 Å². The zero-order valence-electron chi connectivity index (χ0n) is 28.2. The molecule has 0 aliphatic heterocycles. The van der Waals surface area contributed by atoms with Crippen LogP contribution in [-0.4, -0.2) is 14.5 Å². The molecule has 0 aliphatic carbocycles. The Morgan fingerprint density at radius 2 is 0.943 bits per heavy atom. The summed E-state index contributed by atoms with van der Waals surface area (Å²) in [5.41, 5.74) is 6.75. The van der Waals surface area contributed by atoms with E-state index < -0.39 is 0 Å². The summed E-state index contributed by atoms with van der Waals surface area (Å²) in [6.07, 6.45) is 0. The highest BCUT2D eigenvalue weighted by Crippen LogP contribution is 2.48. The summed E-state index contributed by atoms with van der Waals surface area (Å²) in [5, 5.41) is 12.2. The van der Waals surface area contributed by atoms with Crippen molar-refractivity contribution in [3.05, 3.63) is 164 Å². The second kappa shape index (κ2) is 11.1. The van der Waals surface area contributed by atoms with Gasteiger partial charge in [0.1, 0.15) is 4.83 Å². The molecule has 0 saturated heterocycles. The van der Waals surface area contributed by atoms with Gasteiger partial charge in [-0.15, -0.1) is 22.7 Å². The van der Waals surface area contributed by atoms with Gasteiger partial charge in [0, 0.05) is 47.3 Å². The molecule has 0 saturated carbocycles. The van der Waals surface area contributed by atoms with Crippen molar-refractivity contribution >= 4 is 106 Å². The Morgan fingerprint density at radius 3 is 1.70 bits per heavy atom. The number of rotatable bonds is 3. The van der Waals surface area contributed by atoms with Crippen LogP contribution >= 0.6 is 22.7 Å². The smallest absolute Gasteiger partial charge is 0.236 e. The van der Waals surface area contributed by atoms with Crippen molar-refractivity contribution < 1.29 is 0 Å². The van der Waals surface area contributed by atoms with Gasteiger partial charge in [0.2, 0.25) is 5.95 Å². The molecule has 12 rings (SSSR count). The first-order valence-corrected chi connectivity index (χ1v) is 19.5. The fraction of sp³-hybridized carbons (Fsp3) is 0. The molecule has 3 nitrogen and oxygen atoms in total. The predicted molar refractivity (Wildman–Crippen MR) is 228 cm³/mol. The number of hydrogen-bond donors (Lipinski definition) is 0. The minimum Gasteiger partial charge on any atom is -0.276 e. The Hall–Kier alpha value is -6.40. The van der Waals surface area contributed by atoms with Crippen LogP contribution in [0.15, 0.2) is 164 Å². The monoisotopic (exact) mass is 709 g/mol.